The van der Waals surface area contributed by atoms with Crippen molar-refractivity contribution in [1.82, 2.24) is 15.1 Å². The number of hydrogen-bond donors (Lipinski definition) is 1. The topological polar surface area (TPSA) is 29.9 Å². The van der Waals surface area contributed by atoms with Gasteiger partial charge >= 0.3 is 0 Å². The number of aromatic nitrogens is 2. The third kappa shape index (κ3) is 3.35. The quantitative estimate of drug-likeness (QED) is 0.862. The molecule has 1 saturated carbocycles. The second-order valence-electron chi connectivity index (χ2n) is 5.84. The van der Waals surface area contributed by atoms with Gasteiger partial charge in [-0.3, -0.25) is 4.68 Å². The van der Waals surface area contributed by atoms with Crippen LogP contribution in [0.5, 0.6) is 0 Å². The molecule has 0 aromatic carbocycles. The Bertz CT molecular complexity index is 350. The summed E-state index contributed by atoms with van der Waals surface area (Å²) in [4.78, 5) is 0. The van der Waals surface area contributed by atoms with Crippen molar-refractivity contribution < 1.29 is 0 Å². The van der Waals surface area contributed by atoms with Crippen molar-refractivity contribution in [2.24, 2.45) is 5.92 Å². The lowest BCUT2D eigenvalue weighted by Gasteiger charge is -2.26. The highest BCUT2D eigenvalue weighted by Gasteiger charge is 2.20. The molecule has 0 spiro atoms. The van der Waals surface area contributed by atoms with Crippen molar-refractivity contribution in [2.75, 3.05) is 6.54 Å². The van der Waals surface area contributed by atoms with E-state index in [4.69, 9.17) is 0 Å². The van der Waals surface area contributed by atoms with Gasteiger partial charge in [0.15, 0.2) is 0 Å². The number of nitrogens with one attached hydrogen (secondary N) is 1. The lowest BCUT2D eigenvalue weighted by atomic mass is 9.87. The summed E-state index contributed by atoms with van der Waals surface area (Å²) in [7, 11) is 0. The minimum absolute atomic E-state index is 0.418. The van der Waals surface area contributed by atoms with Gasteiger partial charge in [-0.05, 0) is 51.5 Å². The van der Waals surface area contributed by atoms with Crippen molar-refractivity contribution in [3.8, 4) is 0 Å². The van der Waals surface area contributed by atoms with Crippen LogP contribution in [-0.4, -0.2) is 16.3 Å². The summed E-state index contributed by atoms with van der Waals surface area (Å²) in [5.74, 6) is 0.904. The van der Waals surface area contributed by atoms with Crippen LogP contribution in [0.1, 0.15) is 70.5 Å². The number of rotatable bonds is 5. The van der Waals surface area contributed by atoms with Crippen LogP contribution in [0, 0.1) is 5.92 Å². The molecule has 2 rings (SSSR count). The highest BCUT2D eigenvalue weighted by atomic mass is 15.3. The molecule has 0 aliphatic heterocycles. The molecule has 1 N–H and O–H groups in total. The third-order valence-corrected chi connectivity index (χ3v) is 4.18. The van der Waals surface area contributed by atoms with Gasteiger partial charge in [-0.2, -0.15) is 5.10 Å². The van der Waals surface area contributed by atoms with Crippen LogP contribution in [-0.2, 0) is 0 Å². The molecule has 0 saturated heterocycles. The van der Waals surface area contributed by atoms with Crippen LogP contribution in [0.3, 0.4) is 0 Å². The van der Waals surface area contributed by atoms with Crippen molar-refractivity contribution in [3.63, 3.8) is 0 Å². The predicted molar refractivity (Wildman–Crippen MR) is 75.6 cm³/mol. The maximum atomic E-state index is 4.57. The standard InChI is InChI=1S/C15H27N3/c1-4-9-16-13(3)14-10-17-18(11-14)15-7-5-12(2)6-8-15/h10-13,15-16H,4-9H2,1-3H3. The normalized spacial score (nSPS) is 26.2. The first kappa shape index (κ1) is 13.6. The fourth-order valence-electron chi connectivity index (χ4n) is 2.76. The van der Waals surface area contributed by atoms with Gasteiger partial charge in [0.1, 0.15) is 0 Å². The summed E-state index contributed by atoms with van der Waals surface area (Å²) in [6, 6.07) is 1.05. The Labute approximate surface area is 111 Å². The van der Waals surface area contributed by atoms with E-state index in [9.17, 15) is 0 Å². The van der Waals surface area contributed by atoms with Crippen molar-refractivity contribution in [1.29, 1.82) is 0 Å². The Balaban J connectivity index is 1.93. The zero-order valence-electron chi connectivity index (χ0n) is 12.0. The monoisotopic (exact) mass is 249 g/mol. The van der Waals surface area contributed by atoms with Crippen LogP contribution in [0.2, 0.25) is 0 Å². The summed E-state index contributed by atoms with van der Waals surface area (Å²) >= 11 is 0. The second kappa shape index (κ2) is 6.37. The Hall–Kier alpha value is -0.830. The third-order valence-electron chi connectivity index (χ3n) is 4.18. The average molecular weight is 249 g/mol. The molecular weight excluding hydrogens is 222 g/mol. The van der Waals surface area contributed by atoms with Gasteiger partial charge in [-0.25, -0.2) is 0 Å². The molecule has 18 heavy (non-hydrogen) atoms. The highest BCUT2D eigenvalue weighted by molar-refractivity contribution is 5.09. The largest absolute Gasteiger partial charge is 0.310 e. The minimum atomic E-state index is 0.418. The lowest BCUT2D eigenvalue weighted by molar-refractivity contribution is 0.273. The first-order valence-corrected chi connectivity index (χ1v) is 7.48. The van der Waals surface area contributed by atoms with E-state index in [1.807, 2.05) is 6.20 Å². The first-order chi connectivity index (χ1) is 8.70. The van der Waals surface area contributed by atoms with E-state index in [1.165, 1.54) is 37.7 Å². The average Bonchev–Trinajstić information content (AvgIpc) is 2.86. The van der Waals surface area contributed by atoms with Crippen molar-refractivity contribution in [3.05, 3.63) is 18.0 Å². The number of hydrogen-bond acceptors (Lipinski definition) is 2. The van der Waals surface area contributed by atoms with Crippen LogP contribution in [0.4, 0.5) is 0 Å². The van der Waals surface area contributed by atoms with E-state index >= 15 is 0 Å². The molecule has 0 amide bonds. The molecule has 1 atom stereocenters. The first-order valence-electron chi connectivity index (χ1n) is 7.48. The Morgan fingerprint density at radius 1 is 1.39 bits per heavy atom. The van der Waals surface area contributed by atoms with Gasteiger partial charge in [-0.15, -0.1) is 0 Å². The molecule has 1 heterocycles. The van der Waals surface area contributed by atoms with Gasteiger partial charge in [-0.1, -0.05) is 13.8 Å². The number of nitrogens with zero attached hydrogens (tertiary/aromatic N) is 2. The predicted octanol–water partition coefficient (Wildman–Crippen LogP) is 3.69. The van der Waals surface area contributed by atoms with Crippen LogP contribution in [0.15, 0.2) is 12.4 Å². The van der Waals surface area contributed by atoms with Gasteiger partial charge in [0.05, 0.1) is 12.2 Å². The molecular formula is C15H27N3. The molecule has 3 heteroatoms. The van der Waals surface area contributed by atoms with Gasteiger partial charge < -0.3 is 5.32 Å². The van der Waals surface area contributed by atoms with Gasteiger partial charge in [0, 0.05) is 17.8 Å². The van der Waals surface area contributed by atoms with Crippen LogP contribution < -0.4 is 5.32 Å². The van der Waals surface area contributed by atoms with Gasteiger partial charge in [0.2, 0.25) is 0 Å². The smallest absolute Gasteiger partial charge is 0.0537 e. The second-order valence-corrected chi connectivity index (χ2v) is 5.84. The Kier molecular flexibility index (Phi) is 4.81. The lowest BCUT2D eigenvalue weighted by Crippen LogP contribution is -2.19. The summed E-state index contributed by atoms with van der Waals surface area (Å²) in [6.07, 6.45) is 10.7. The summed E-state index contributed by atoms with van der Waals surface area (Å²) in [6.45, 7) is 7.86. The summed E-state index contributed by atoms with van der Waals surface area (Å²) in [5.41, 5.74) is 1.32. The van der Waals surface area contributed by atoms with Crippen LogP contribution >= 0.6 is 0 Å². The van der Waals surface area contributed by atoms with E-state index in [0.29, 0.717) is 12.1 Å². The fraction of sp³-hybridized carbons (Fsp3) is 0.800. The molecule has 1 aromatic rings. The maximum absolute atomic E-state index is 4.57. The Morgan fingerprint density at radius 3 is 2.78 bits per heavy atom. The van der Waals surface area contributed by atoms with Crippen LogP contribution in [0.25, 0.3) is 0 Å². The molecule has 1 aliphatic carbocycles. The molecule has 1 fully saturated rings. The molecule has 1 aromatic heterocycles. The van der Waals surface area contributed by atoms with E-state index in [0.717, 1.165) is 12.5 Å². The van der Waals surface area contributed by atoms with E-state index in [1.54, 1.807) is 0 Å². The highest BCUT2D eigenvalue weighted by Crippen LogP contribution is 2.31. The van der Waals surface area contributed by atoms with Crippen molar-refractivity contribution in [2.45, 2.75) is 65.0 Å². The fourth-order valence-corrected chi connectivity index (χ4v) is 2.76. The molecule has 1 unspecified atom stereocenters. The zero-order chi connectivity index (χ0) is 13.0. The zero-order valence-corrected chi connectivity index (χ0v) is 12.0. The molecule has 0 bridgehead atoms. The molecule has 3 nitrogen and oxygen atoms in total. The molecule has 102 valence electrons. The summed E-state index contributed by atoms with van der Waals surface area (Å²) < 4.78 is 2.20. The maximum Gasteiger partial charge on any atom is 0.0537 e. The summed E-state index contributed by atoms with van der Waals surface area (Å²) in [5, 5.41) is 8.09. The van der Waals surface area contributed by atoms with Crippen molar-refractivity contribution >= 4 is 0 Å². The molecule has 0 radical (unpaired) electrons. The SMILES string of the molecule is CCCNC(C)c1cnn(C2CCC(C)CC2)c1. The van der Waals surface area contributed by atoms with Gasteiger partial charge in [0.25, 0.3) is 0 Å². The van der Waals surface area contributed by atoms with E-state index in [-0.39, 0.29) is 0 Å². The minimum Gasteiger partial charge on any atom is -0.310 e. The Morgan fingerprint density at radius 2 is 2.11 bits per heavy atom. The van der Waals surface area contributed by atoms with E-state index < -0.39 is 0 Å². The molecule has 1 aliphatic rings. The van der Waals surface area contributed by atoms with E-state index in [2.05, 4.69) is 42.1 Å².